The van der Waals surface area contributed by atoms with Crippen LogP contribution in [0.1, 0.15) is 24.5 Å². The van der Waals surface area contributed by atoms with Crippen LogP contribution >= 0.6 is 0 Å². The number of para-hydroxylation sites is 2. The summed E-state index contributed by atoms with van der Waals surface area (Å²) in [7, 11) is 0. The maximum absolute atomic E-state index is 13.1. The van der Waals surface area contributed by atoms with Crippen LogP contribution in [-0.2, 0) is 0 Å². The second-order valence-electron chi connectivity index (χ2n) is 6.50. The van der Waals surface area contributed by atoms with Gasteiger partial charge in [0.1, 0.15) is 6.33 Å². The van der Waals surface area contributed by atoms with Crippen molar-refractivity contribution in [1.82, 2.24) is 19.3 Å². The molecular formula is C20H16N4O3. The standard InChI is InChI=1S/C20H16N4O3/c1-12(2)17(25)18-22-16-10-6-4-8-14(16)20(27)24(18)23-11-21-15-9-5-3-7-13(15)19(23)26/h3-12H,1-2H3. The van der Waals surface area contributed by atoms with Crippen molar-refractivity contribution in [2.75, 3.05) is 0 Å². The highest BCUT2D eigenvalue weighted by atomic mass is 16.2. The van der Waals surface area contributed by atoms with Crippen molar-refractivity contribution in [2.24, 2.45) is 5.92 Å². The molecule has 0 aliphatic rings. The third-order valence-corrected chi connectivity index (χ3v) is 4.36. The van der Waals surface area contributed by atoms with E-state index in [0.29, 0.717) is 21.8 Å². The van der Waals surface area contributed by atoms with E-state index in [1.807, 2.05) is 0 Å². The molecule has 7 nitrogen and oxygen atoms in total. The fourth-order valence-electron chi connectivity index (χ4n) is 2.94. The molecule has 2 aromatic heterocycles. The summed E-state index contributed by atoms with van der Waals surface area (Å²) >= 11 is 0. The van der Waals surface area contributed by atoms with Gasteiger partial charge in [-0.3, -0.25) is 14.4 Å². The number of ketones is 1. The average Bonchev–Trinajstić information content (AvgIpc) is 2.68. The minimum Gasteiger partial charge on any atom is -0.290 e. The third-order valence-electron chi connectivity index (χ3n) is 4.36. The molecule has 0 radical (unpaired) electrons. The van der Waals surface area contributed by atoms with Crippen LogP contribution in [0.2, 0.25) is 0 Å². The molecule has 0 saturated carbocycles. The number of aromatic nitrogens is 4. The Morgan fingerprint density at radius 3 is 2.15 bits per heavy atom. The van der Waals surface area contributed by atoms with Crippen molar-refractivity contribution in [3.63, 3.8) is 0 Å². The number of carbonyl (C=O) groups excluding carboxylic acids is 1. The Morgan fingerprint density at radius 1 is 0.889 bits per heavy atom. The molecule has 0 unspecified atom stereocenters. The van der Waals surface area contributed by atoms with E-state index in [0.717, 1.165) is 9.35 Å². The van der Waals surface area contributed by atoms with E-state index in [2.05, 4.69) is 9.97 Å². The van der Waals surface area contributed by atoms with Gasteiger partial charge in [0.15, 0.2) is 5.82 Å². The van der Waals surface area contributed by atoms with E-state index < -0.39 is 17.0 Å². The molecular weight excluding hydrogens is 344 g/mol. The van der Waals surface area contributed by atoms with Crippen LogP contribution in [0.25, 0.3) is 21.8 Å². The molecule has 4 rings (SSSR count). The van der Waals surface area contributed by atoms with Crippen LogP contribution in [0.5, 0.6) is 0 Å². The maximum atomic E-state index is 13.1. The van der Waals surface area contributed by atoms with Crippen molar-refractivity contribution in [2.45, 2.75) is 13.8 Å². The first-order valence-electron chi connectivity index (χ1n) is 8.52. The summed E-state index contributed by atoms with van der Waals surface area (Å²) < 4.78 is 2.08. The molecule has 2 aromatic carbocycles. The van der Waals surface area contributed by atoms with Crippen molar-refractivity contribution in [3.05, 3.63) is 81.4 Å². The molecule has 27 heavy (non-hydrogen) atoms. The normalized spacial score (nSPS) is 11.4. The summed E-state index contributed by atoms with van der Waals surface area (Å²) in [6, 6.07) is 13.6. The lowest BCUT2D eigenvalue weighted by molar-refractivity contribution is 0.0921. The molecule has 134 valence electrons. The van der Waals surface area contributed by atoms with Gasteiger partial charge < -0.3 is 0 Å². The summed E-state index contributed by atoms with van der Waals surface area (Å²) in [5, 5.41) is 0.667. The van der Waals surface area contributed by atoms with Crippen molar-refractivity contribution < 1.29 is 4.79 Å². The van der Waals surface area contributed by atoms with Gasteiger partial charge in [0, 0.05) is 5.92 Å². The quantitative estimate of drug-likeness (QED) is 0.523. The first-order chi connectivity index (χ1) is 13.0. The Balaban J connectivity index is 2.15. The van der Waals surface area contributed by atoms with Gasteiger partial charge in [-0.25, -0.2) is 9.97 Å². The Labute approximate surface area is 153 Å². The molecule has 4 aromatic rings. The first-order valence-corrected chi connectivity index (χ1v) is 8.52. The molecule has 0 atom stereocenters. The van der Waals surface area contributed by atoms with E-state index in [9.17, 15) is 14.4 Å². The molecule has 0 saturated heterocycles. The summed E-state index contributed by atoms with van der Waals surface area (Å²) in [4.78, 5) is 47.5. The molecule has 0 bridgehead atoms. The Bertz CT molecular complexity index is 1320. The Hall–Kier alpha value is -3.61. The highest BCUT2D eigenvalue weighted by Gasteiger charge is 2.22. The van der Waals surface area contributed by atoms with Gasteiger partial charge in [0.25, 0.3) is 11.1 Å². The molecule has 0 spiro atoms. The number of carbonyl (C=O) groups is 1. The highest BCUT2D eigenvalue weighted by molar-refractivity contribution is 5.96. The van der Waals surface area contributed by atoms with Gasteiger partial charge in [0.2, 0.25) is 5.78 Å². The second kappa shape index (κ2) is 6.28. The summed E-state index contributed by atoms with van der Waals surface area (Å²) in [6.07, 6.45) is 1.25. The maximum Gasteiger partial charge on any atom is 0.281 e. The lowest BCUT2D eigenvalue weighted by Gasteiger charge is -2.15. The van der Waals surface area contributed by atoms with Crippen LogP contribution in [0.4, 0.5) is 0 Å². The topological polar surface area (TPSA) is 86.8 Å². The van der Waals surface area contributed by atoms with Gasteiger partial charge in [-0.05, 0) is 24.3 Å². The van der Waals surface area contributed by atoms with Crippen molar-refractivity contribution in [3.8, 4) is 0 Å². The summed E-state index contributed by atoms with van der Waals surface area (Å²) in [5.41, 5.74) is -0.0248. The van der Waals surface area contributed by atoms with Crippen LogP contribution in [0.15, 0.2) is 64.4 Å². The second-order valence-corrected chi connectivity index (χ2v) is 6.50. The smallest absolute Gasteiger partial charge is 0.281 e. The fraction of sp³-hybridized carbons (Fsp3) is 0.150. The number of nitrogens with zero attached hydrogens (tertiary/aromatic N) is 4. The van der Waals surface area contributed by atoms with E-state index in [1.165, 1.54) is 6.33 Å². The van der Waals surface area contributed by atoms with Crippen molar-refractivity contribution in [1.29, 1.82) is 0 Å². The van der Waals surface area contributed by atoms with Gasteiger partial charge in [-0.15, -0.1) is 0 Å². The monoisotopic (exact) mass is 360 g/mol. The van der Waals surface area contributed by atoms with E-state index in [-0.39, 0.29) is 11.6 Å². The predicted octanol–water partition coefficient (Wildman–Crippen LogP) is 2.26. The fourth-order valence-corrected chi connectivity index (χ4v) is 2.94. The SMILES string of the molecule is CC(C)C(=O)c1nc2ccccc2c(=O)n1-n1cnc2ccccc2c1=O. The summed E-state index contributed by atoms with van der Waals surface area (Å²) in [6.45, 7) is 3.44. The molecule has 0 amide bonds. The number of rotatable bonds is 3. The van der Waals surface area contributed by atoms with Crippen LogP contribution < -0.4 is 11.1 Å². The van der Waals surface area contributed by atoms with Gasteiger partial charge >= 0.3 is 0 Å². The van der Waals surface area contributed by atoms with E-state index in [1.54, 1.807) is 62.4 Å². The first kappa shape index (κ1) is 16.8. The van der Waals surface area contributed by atoms with Gasteiger partial charge in [0.05, 0.1) is 21.8 Å². The minimum atomic E-state index is -0.496. The Kier molecular flexibility index (Phi) is 3.92. The lowest BCUT2D eigenvalue weighted by atomic mass is 10.1. The molecule has 0 aliphatic heterocycles. The van der Waals surface area contributed by atoms with Crippen LogP contribution in [-0.4, -0.2) is 25.1 Å². The van der Waals surface area contributed by atoms with E-state index in [4.69, 9.17) is 0 Å². The largest absolute Gasteiger partial charge is 0.290 e. The molecule has 0 N–H and O–H groups in total. The number of fused-ring (bicyclic) bond motifs is 2. The Morgan fingerprint density at radius 2 is 1.48 bits per heavy atom. The molecule has 0 aliphatic carbocycles. The number of benzene rings is 2. The average molecular weight is 360 g/mol. The van der Waals surface area contributed by atoms with Crippen LogP contribution in [0.3, 0.4) is 0 Å². The zero-order valence-corrected chi connectivity index (χ0v) is 14.8. The minimum absolute atomic E-state index is 0.0899. The zero-order valence-electron chi connectivity index (χ0n) is 14.8. The van der Waals surface area contributed by atoms with Crippen molar-refractivity contribution >= 4 is 27.6 Å². The van der Waals surface area contributed by atoms with E-state index >= 15 is 0 Å². The number of Topliss-reactive ketones (excluding diaryl/α,β-unsaturated/α-hetero) is 1. The molecule has 7 heteroatoms. The van der Waals surface area contributed by atoms with Gasteiger partial charge in [-0.2, -0.15) is 9.35 Å². The molecule has 2 heterocycles. The predicted molar refractivity (Wildman–Crippen MR) is 102 cm³/mol. The highest BCUT2D eigenvalue weighted by Crippen LogP contribution is 2.12. The van der Waals surface area contributed by atoms with Crippen LogP contribution in [0, 0.1) is 5.92 Å². The third kappa shape index (κ3) is 2.64. The number of hydrogen-bond donors (Lipinski definition) is 0. The summed E-state index contributed by atoms with van der Waals surface area (Å²) in [5.74, 6) is -0.820. The lowest BCUT2D eigenvalue weighted by Crippen LogP contribution is -2.39. The zero-order chi connectivity index (χ0) is 19.1. The van der Waals surface area contributed by atoms with Gasteiger partial charge in [-0.1, -0.05) is 38.1 Å². The molecule has 0 fully saturated rings. The number of hydrogen-bond acceptors (Lipinski definition) is 5.